The molecule has 7 nitrogen and oxygen atoms in total. The smallest absolute Gasteiger partial charge is 0.325 e. The molecule has 2 saturated heterocycles. The molecule has 2 aliphatic rings. The zero-order valence-corrected chi connectivity index (χ0v) is 20.0. The average molecular weight is 472 g/mol. The molecule has 35 heavy (non-hydrogen) atoms. The van der Waals surface area contributed by atoms with E-state index >= 15 is 0 Å². The number of ether oxygens (including phenoxy) is 1. The molecule has 4 amide bonds. The minimum Gasteiger partial charge on any atom is -0.494 e. The summed E-state index contributed by atoms with van der Waals surface area (Å²) in [6.07, 6.45) is 1.72. The number of carbonyl (C=O) groups excluding carboxylic acids is 3. The van der Waals surface area contributed by atoms with Crippen molar-refractivity contribution >= 4 is 28.6 Å². The lowest BCUT2D eigenvalue weighted by molar-refractivity contribution is -0.139. The number of rotatable bonds is 6. The molecule has 2 fully saturated rings. The molecule has 5 rings (SSSR count). The lowest BCUT2D eigenvalue weighted by Crippen LogP contribution is -2.44. The minimum atomic E-state index is -1.22. The highest BCUT2D eigenvalue weighted by molar-refractivity contribution is 6.09. The third kappa shape index (κ3) is 4.11. The predicted octanol–water partition coefficient (Wildman–Crippen LogP) is 4.37. The van der Waals surface area contributed by atoms with Crippen molar-refractivity contribution in [1.29, 1.82) is 0 Å². The van der Waals surface area contributed by atoms with E-state index in [2.05, 4.69) is 5.32 Å². The van der Waals surface area contributed by atoms with E-state index in [4.69, 9.17) is 4.74 Å². The first-order valence-corrected chi connectivity index (χ1v) is 12.1. The fourth-order valence-corrected chi connectivity index (χ4v) is 5.13. The molecule has 0 spiro atoms. The number of fused-ring (bicyclic) bond motifs is 1. The second-order valence-corrected chi connectivity index (χ2v) is 9.26. The second kappa shape index (κ2) is 9.06. The number of imide groups is 1. The predicted molar refractivity (Wildman–Crippen MR) is 133 cm³/mol. The van der Waals surface area contributed by atoms with Crippen molar-refractivity contribution in [3.8, 4) is 5.75 Å². The normalized spacial score (nSPS) is 22.1. The molecule has 0 saturated carbocycles. The summed E-state index contributed by atoms with van der Waals surface area (Å²) in [6, 6.07) is 20.7. The standard InChI is InChI=1S/C28H29N3O4/c1-3-35-23-14-11-20(12-15-23)24-9-6-16-30(24)25(32)18-31-26(33)28(2,29-27(31)34)22-13-10-19-7-4-5-8-21(19)17-22/h4-5,7-8,10-15,17,24H,3,6,9,16,18H2,1-2H3,(H,29,34)/t24-,28+/m1/s1. The summed E-state index contributed by atoms with van der Waals surface area (Å²) < 4.78 is 5.52. The number of likely N-dealkylation sites (tertiary alicyclic amines) is 1. The summed E-state index contributed by atoms with van der Waals surface area (Å²) >= 11 is 0. The summed E-state index contributed by atoms with van der Waals surface area (Å²) in [5.41, 5.74) is 0.497. The quantitative estimate of drug-likeness (QED) is 0.542. The molecule has 0 aromatic heterocycles. The number of urea groups is 1. The maximum absolute atomic E-state index is 13.4. The van der Waals surface area contributed by atoms with Gasteiger partial charge in [0.25, 0.3) is 5.91 Å². The number of nitrogens with one attached hydrogen (secondary N) is 1. The Balaban J connectivity index is 1.33. The van der Waals surface area contributed by atoms with E-state index in [1.165, 1.54) is 0 Å². The zero-order valence-electron chi connectivity index (χ0n) is 20.0. The van der Waals surface area contributed by atoms with Gasteiger partial charge in [-0.2, -0.15) is 0 Å². The highest BCUT2D eigenvalue weighted by atomic mass is 16.5. The van der Waals surface area contributed by atoms with Gasteiger partial charge in [-0.05, 0) is 66.8 Å². The Bertz CT molecular complexity index is 1290. The Morgan fingerprint density at radius 1 is 1.06 bits per heavy atom. The van der Waals surface area contributed by atoms with Crippen molar-refractivity contribution in [1.82, 2.24) is 15.1 Å². The van der Waals surface area contributed by atoms with Gasteiger partial charge in [0.15, 0.2) is 0 Å². The van der Waals surface area contributed by atoms with Crippen LogP contribution >= 0.6 is 0 Å². The molecular formula is C28H29N3O4. The van der Waals surface area contributed by atoms with Crippen LogP contribution in [0, 0.1) is 0 Å². The molecule has 2 aliphatic heterocycles. The van der Waals surface area contributed by atoms with Crippen molar-refractivity contribution in [3.63, 3.8) is 0 Å². The van der Waals surface area contributed by atoms with Crippen molar-refractivity contribution in [3.05, 3.63) is 77.9 Å². The third-order valence-corrected chi connectivity index (χ3v) is 7.04. The lowest BCUT2D eigenvalue weighted by Gasteiger charge is -2.27. The van der Waals surface area contributed by atoms with Crippen molar-refractivity contribution in [2.24, 2.45) is 0 Å². The molecule has 0 aliphatic carbocycles. The summed E-state index contributed by atoms with van der Waals surface area (Å²) in [5.74, 6) is 0.148. The number of hydrogen-bond donors (Lipinski definition) is 1. The fourth-order valence-electron chi connectivity index (χ4n) is 5.13. The van der Waals surface area contributed by atoms with E-state index in [0.717, 1.165) is 39.8 Å². The van der Waals surface area contributed by atoms with Gasteiger partial charge < -0.3 is 15.0 Å². The van der Waals surface area contributed by atoms with Crippen molar-refractivity contribution < 1.29 is 19.1 Å². The first kappa shape index (κ1) is 22.9. The molecule has 0 radical (unpaired) electrons. The molecule has 0 unspecified atom stereocenters. The molecular weight excluding hydrogens is 442 g/mol. The fraction of sp³-hybridized carbons (Fsp3) is 0.321. The Morgan fingerprint density at radius 2 is 1.80 bits per heavy atom. The van der Waals surface area contributed by atoms with Crippen LogP contribution in [0.25, 0.3) is 10.8 Å². The minimum absolute atomic E-state index is 0.0779. The second-order valence-electron chi connectivity index (χ2n) is 9.26. The van der Waals surface area contributed by atoms with Crippen LogP contribution in [0.5, 0.6) is 5.75 Å². The van der Waals surface area contributed by atoms with Gasteiger partial charge in [0, 0.05) is 6.54 Å². The van der Waals surface area contributed by atoms with Gasteiger partial charge in [0.2, 0.25) is 5.91 Å². The van der Waals surface area contributed by atoms with Gasteiger partial charge in [0.05, 0.1) is 12.6 Å². The highest BCUT2D eigenvalue weighted by Gasteiger charge is 2.50. The van der Waals surface area contributed by atoms with Gasteiger partial charge in [-0.15, -0.1) is 0 Å². The summed E-state index contributed by atoms with van der Waals surface area (Å²) in [5, 5.41) is 4.86. The van der Waals surface area contributed by atoms with Crippen molar-refractivity contribution in [2.75, 3.05) is 19.7 Å². The van der Waals surface area contributed by atoms with E-state index < -0.39 is 17.5 Å². The van der Waals surface area contributed by atoms with Crippen molar-refractivity contribution in [2.45, 2.75) is 38.3 Å². The molecule has 3 aromatic carbocycles. The molecule has 3 aromatic rings. The van der Waals surface area contributed by atoms with Gasteiger partial charge in [-0.1, -0.05) is 48.5 Å². The van der Waals surface area contributed by atoms with Crippen LogP contribution in [-0.2, 0) is 15.1 Å². The Kier molecular flexibility index (Phi) is 5.93. The number of nitrogens with zero attached hydrogens (tertiary/aromatic N) is 2. The van der Waals surface area contributed by atoms with Crippen LogP contribution in [0.1, 0.15) is 43.9 Å². The Morgan fingerprint density at radius 3 is 2.54 bits per heavy atom. The largest absolute Gasteiger partial charge is 0.494 e. The van der Waals surface area contributed by atoms with Crippen LogP contribution in [0.4, 0.5) is 4.79 Å². The van der Waals surface area contributed by atoms with Crippen LogP contribution in [0.3, 0.4) is 0 Å². The molecule has 7 heteroatoms. The summed E-state index contributed by atoms with van der Waals surface area (Å²) in [7, 11) is 0. The highest BCUT2D eigenvalue weighted by Crippen LogP contribution is 2.34. The number of carbonyl (C=O) groups is 3. The van der Waals surface area contributed by atoms with E-state index in [1.54, 1.807) is 11.8 Å². The zero-order chi connectivity index (χ0) is 24.6. The maximum Gasteiger partial charge on any atom is 0.325 e. The van der Waals surface area contributed by atoms with E-state index in [-0.39, 0.29) is 18.5 Å². The number of hydrogen-bond acceptors (Lipinski definition) is 4. The molecule has 2 atom stereocenters. The first-order valence-electron chi connectivity index (χ1n) is 12.1. The average Bonchev–Trinajstić information content (AvgIpc) is 3.44. The van der Waals surface area contributed by atoms with Gasteiger partial charge in [0.1, 0.15) is 17.8 Å². The van der Waals surface area contributed by atoms with Gasteiger partial charge >= 0.3 is 6.03 Å². The van der Waals surface area contributed by atoms with Crippen LogP contribution < -0.4 is 10.1 Å². The Hall–Kier alpha value is -3.87. The molecule has 2 heterocycles. The summed E-state index contributed by atoms with van der Waals surface area (Å²) in [4.78, 5) is 42.4. The van der Waals surface area contributed by atoms with Crippen LogP contribution in [0.15, 0.2) is 66.7 Å². The number of amides is 4. The topological polar surface area (TPSA) is 79.0 Å². The van der Waals surface area contributed by atoms with E-state index in [0.29, 0.717) is 18.7 Å². The molecule has 180 valence electrons. The Labute approximate surface area is 204 Å². The summed E-state index contributed by atoms with van der Waals surface area (Å²) in [6.45, 7) is 4.55. The lowest BCUT2D eigenvalue weighted by atomic mass is 9.90. The SMILES string of the molecule is CCOc1ccc([C@H]2CCCN2C(=O)CN2C(=O)N[C@@](C)(c3ccc4ccccc4c3)C2=O)cc1. The number of benzene rings is 3. The first-order chi connectivity index (χ1) is 16.9. The molecule has 0 bridgehead atoms. The van der Waals surface area contributed by atoms with Gasteiger partial charge in [-0.25, -0.2) is 4.79 Å². The van der Waals surface area contributed by atoms with Crippen LogP contribution in [-0.4, -0.2) is 47.3 Å². The third-order valence-electron chi connectivity index (χ3n) is 7.04. The van der Waals surface area contributed by atoms with E-state index in [9.17, 15) is 14.4 Å². The van der Waals surface area contributed by atoms with Gasteiger partial charge in [-0.3, -0.25) is 14.5 Å². The van der Waals surface area contributed by atoms with Crippen LogP contribution in [0.2, 0.25) is 0 Å². The van der Waals surface area contributed by atoms with E-state index in [1.807, 2.05) is 73.7 Å². The molecule has 1 N–H and O–H groups in total. The monoisotopic (exact) mass is 471 g/mol. The maximum atomic E-state index is 13.4.